The highest BCUT2D eigenvalue weighted by molar-refractivity contribution is 14.1. The number of halogens is 1. The van der Waals surface area contributed by atoms with Crippen LogP contribution in [0.15, 0.2) is 18.7 Å². The molecule has 0 spiro atoms. The number of imidazole rings is 1. The minimum Gasteiger partial charge on any atom is -0.335 e. The van der Waals surface area contributed by atoms with Crippen molar-refractivity contribution < 1.29 is 0 Å². The van der Waals surface area contributed by atoms with Crippen molar-refractivity contribution in [1.29, 1.82) is 5.26 Å². The van der Waals surface area contributed by atoms with E-state index in [9.17, 15) is 0 Å². The highest BCUT2D eigenvalue weighted by Crippen LogP contribution is 2.01. The van der Waals surface area contributed by atoms with Crippen LogP contribution in [0, 0.1) is 11.3 Å². The van der Waals surface area contributed by atoms with E-state index >= 15 is 0 Å². The average Bonchev–Trinajstić information content (AvgIpc) is 2.40. The second kappa shape index (κ2) is 3.56. The minimum atomic E-state index is 0.0341. The smallest absolute Gasteiger partial charge is 0.116 e. The monoisotopic (exact) mass is 247 g/mol. The van der Waals surface area contributed by atoms with Crippen LogP contribution in [-0.4, -0.2) is 13.5 Å². The van der Waals surface area contributed by atoms with Crippen molar-refractivity contribution in [2.75, 3.05) is 0 Å². The standard InChI is InChI=1S/C6H6IN3/c7-6(3-8)4-10-2-1-9-5-10/h1-2,5-6H,4H2. The summed E-state index contributed by atoms with van der Waals surface area (Å²) < 4.78 is 1.92. The van der Waals surface area contributed by atoms with Gasteiger partial charge in [0.25, 0.3) is 0 Å². The molecule has 0 bridgehead atoms. The molecule has 1 atom stereocenters. The summed E-state index contributed by atoms with van der Waals surface area (Å²) in [4.78, 5) is 3.86. The van der Waals surface area contributed by atoms with Gasteiger partial charge in [0, 0.05) is 18.9 Å². The number of rotatable bonds is 2. The highest BCUT2D eigenvalue weighted by atomic mass is 127. The van der Waals surface area contributed by atoms with Gasteiger partial charge in [-0.1, -0.05) is 22.6 Å². The van der Waals surface area contributed by atoms with Gasteiger partial charge in [-0.2, -0.15) is 5.26 Å². The predicted molar refractivity (Wildman–Crippen MR) is 45.6 cm³/mol. The van der Waals surface area contributed by atoms with Crippen molar-refractivity contribution in [2.24, 2.45) is 0 Å². The fourth-order valence-corrected chi connectivity index (χ4v) is 1.08. The Balaban J connectivity index is 2.50. The second-order valence-electron chi connectivity index (χ2n) is 1.86. The SMILES string of the molecule is N#CC(I)Cn1ccnc1. The topological polar surface area (TPSA) is 41.6 Å². The Morgan fingerprint density at radius 1 is 1.80 bits per heavy atom. The predicted octanol–water partition coefficient (Wildman–Crippen LogP) is 1.21. The fraction of sp³-hybridized carbons (Fsp3) is 0.333. The normalized spacial score (nSPS) is 12.4. The van der Waals surface area contributed by atoms with Gasteiger partial charge in [-0.3, -0.25) is 0 Å². The number of hydrogen-bond acceptors (Lipinski definition) is 2. The third-order valence-electron chi connectivity index (χ3n) is 1.07. The summed E-state index contributed by atoms with van der Waals surface area (Å²) in [6, 6.07) is 2.14. The van der Waals surface area contributed by atoms with Crippen molar-refractivity contribution in [3.05, 3.63) is 18.7 Å². The van der Waals surface area contributed by atoms with E-state index in [-0.39, 0.29) is 3.92 Å². The zero-order valence-corrected chi connectivity index (χ0v) is 7.39. The van der Waals surface area contributed by atoms with Gasteiger partial charge in [-0.15, -0.1) is 0 Å². The molecular formula is C6H6IN3. The van der Waals surface area contributed by atoms with Crippen LogP contribution in [0.1, 0.15) is 0 Å². The van der Waals surface area contributed by atoms with Gasteiger partial charge in [-0.05, 0) is 0 Å². The Hall–Kier alpha value is -0.570. The third kappa shape index (κ3) is 1.99. The number of hydrogen-bond donors (Lipinski definition) is 0. The van der Waals surface area contributed by atoms with Crippen LogP contribution in [0.25, 0.3) is 0 Å². The number of nitriles is 1. The summed E-state index contributed by atoms with van der Waals surface area (Å²) >= 11 is 2.10. The fourth-order valence-electron chi connectivity index (χ4n) is 0.621. The molecule has 0 aliphatic carbocycles. The minimum absolute atomic E-state index is 0.0341. The zero-order chi connectivity index (χ0) is 7.40. The maximum absolute atomic E-state index is 8.44. The molecule has 1 rings (SSSR count). The van der Waals surface area contributed by atoms with Gasteiger partial charge in [-0.25, -0.2) is 4.98 Å². The zero-order valence-electron chi connectivity index (χ0n) is 5.24. The van der Waals surface area contributed by atoms with Gasteiger partial charge >= 0.3 is 0 Å². The van der Waals surface area contributed by atoms with E-state index in [4.69, 9.17) is 5.26 Å². The summed E-state index contributed by atoms with van der Waals surface area (Å²) in [5.41, 5.74) is 0. The van der Waals surface area contributed by atoms with E-state index in [1.165, 1.54) is 0 Å². The first-order valence-electron chi connectivity index (χ1n) is 2.82. The van der Waals surface area contributed by atoms with E-state index in [1.54, 1.807) is 12.5 Å². The molecule has 52 valence electrons. The Labute approximate surface area is 72.8 Å². The van der Waals surface area contributed by atoms with Gasteiger partial charge in [0.15, 0.2) is 0 Å². The Morgan fingerprint density at radius 3 is 3.10 bits per heavy atom. The molecule has 1 aromatic rings. The summed E-state index contributed by atoms with van der Waals surface area (Å²) in [7, 11) is 0. The molecule has 0 fully saturated rings. The maximum atomic E-state index is 8.44. The van der Waals surface area contributed by atoms with E-state index in [0.29, 0.717) is 0 Å². The lowest BCUT2D eigenvalue weighted by molar-refractivity contribution is 0.737. The molecule has 1 unspecified atom stereocenters. The first-order valence-corrected chi connectivity index (χ1v) is 4.07. The van der Waals surface area contributed by atoms with Crippen LogP contribution in [-0.2, 0) is 6.54 Å². The first kappa shape index (κ1) is 7.54. The van der Waals surface area contributed by atoms with Crippen LogP contribution in [0.3, 0.4) is 0 Å². The van der Waals surface area contributed by atoms with Gasteiger partial charge in [0.1, 0.15) is 3.92 Å². The molecule has 10 heavy (non-hydrogen) atoms. The van der Waals surface area contributed by atoms with Crippen LogP contribution in [0.5, 0.6) is 0 Å². The first-order chi connectivity index (χ1) is 4.83. The van der Waals surface area contributed by atoms with E-state index in [0.717, 1.165) is 6.54 Å². The molecule has 1 heterocycles. The Bertz CT molecular complexity index is 224. The van der Waals surface area contributed by atoms with E-state index < -0.39 is 0 Å². The molecule has 0 saturated carbocycles. The molecule has 3 nitrogen and oxygen atoms in total. The maximum Gasteiger partial charge on any atom is 0.116 e. The molecule has 0 radical (unpaired) electrons. The summed E-state index contributed by atoms with van der Waals surface area (Å²) in [5, 5.41) is 8.44. The molecule has 0 saturated heterocycles. The largest absolute Gasteiger partial charge is 0.335 e. The Morgan fingerprint density at radius 2 is 2.60 bits per heavy atom. The lowest BCUT2D eigenvalue weighted by Gasteiger charge is -1.99. The molecule has 0 aliphatic heterocycles. The molecule has 1 aromatic heterocycles. The van der Waals surface area contributed by atoms with Crippen molar-refractivity contribution >= 4 is 22.6 Å². The van der Waals surface area contributed by atoms with E-state index in [2.05, 4.69) is 33.6 Å². The lowest BCUT2D eigenvalue weighted by atomic mass is 10.5. The second-order valence-corrected chi connectivity index (χ2v) is 3.36. The van der Waals surface area contributed by atoms with Gasteiger partial charge in [0.05, 0.1) is 12.4 Å². The molecule has 0 aliphatic rings. The summed E-state index contributed by atoms with van der Waals surface area (Å²) in [6.07, 6.45) is 5.27. The van der Waals surface area contributed by atoms with Crippen LogP contribution >= 0.6 is 22.6 Å². The summed E-state index contributed by atoms with van der Waals surface area (Å²) in [6.45, 7) is 0.719. The van der Waals surface area contributed by atoms with Gasteiger partial charge < -0.3 is 4.57 Å². The molecule has 4 heteroatoms. The quantitative estimate of drug-likeness (QED) is 0.582. The van der Waals surface area contributed by atoms with Crippen molar-refractivity contribution in [3.8, 4) is 6.07 Å². The summed E-state index contributed by atoms with van der Waals surface area (Å²) in [5.74, 6) is 0. The highest BCUT2D eigenvalue weighted by Gasteiger charge is 2.00. The Kier molecular flexibility index (Phi) is 2.68. The van der Waals surface area contributed by atoms with Crippen molar-refractivity contribution in [2.45, 2.75) is 10.5 Å². The third-order valence-corrected chi connectivity index (χ3v) is 1.74. The van der Waals surface area contributed by atoms with Crippen molar-refractivity contribution in [1.82, 2.24) is 9.55 Å². The number of aromatic nitrogens is 2. The molecular weight excluding hydrogens is 241 g/mol. The van der Waals surface area contributed by atoms with Crippen LogP contribution in [0.2, 0.25) is 0 Å². The number of alkyl halides is 1. The molecule has 0 amide bonds. The lowest BCUT2D eigenvalue weighted by Crippen LogP contribution is -2.04. The van der Waals surface area contributed by atoms with Crippen molar-refractivity contribution in [3.63, 3.8) is 0 Å². The van der Waals surface area contributed by atoms with Gasteiger partial charge in [0.2, 0.25) is 0 Å². The molecule has 0 aromatic carbocycles. The number of nitrogens with zero attached hydrogens (tertiary/aromatic N) is 3. The van der Waals surface area contributed by atoms with Crippen LogP contribution in [0.4, 0.5) is 0 Å². The van der Waals surface area contributed by atoms with Crippen LogP contribution < -0.4 is 0 Å². The van der Waals surface area contributed by atoms with E-state index in [1.807, 2.05) is 10.8 Å². The molecule has 0 N–H and O–H groups in total. The average molecular weight is 247 g/mol.